The lowest BCUT2D eigenvalue weighted by Crippen LogP contribution is -2.23. The molecule has 2 aromatic carbocycles. The van der Waals surface area contributed by atoms with Crippen molar-refractivity contribution in [3.05, 3.63) is 65.1 Å². The van der Waals surface area contributed by atoms with E-state index in [1.165, 1.54) is 0 Å². The van der Waals surface area contributed by atoms with Crippen LogP contribution in [0.5, 0.6) is 0 Å². The summed E-state index contributed by atoms with van der Waals surface area (Å²) in [5.74, 6) is 1.52. The molecule has 0 atom stereocenters. The quantitative estimate of drug-likeness (QED) is 0.597. The number of halogens is 1. The van der Waals surface area contributed by atoms with Crippen LogP contribution in [0.25, 0.3) is 11.3 Å². The van der Waals surface area contributed by atoms with Gasteiger partial charge in [-0.25, -0.2) is 4.98 Å². The van der Waals surface area contributed by atoms with Gasteiger partial charge in [-0.3, -0.25) is 0 Å². The van der Waals surface area contributed by atoms with Gasteiger partial charge in [0.05, 0.1) is 11.4 Å². The average Bonchev–Trinajstić information content (AvgIpc) is 2.65. The van der Waals surface area contributed by atoms with E-state index in [-0.39, 0.29) is 0 Å². The summed E-state index contributed by atoms with van der Waals surface area (Å²) in [7, 11) is 0. The molecule has 1 heterocycles. The number of rotatable bonds is 6. The van der Waals surface area contributed by atoms with Crippen molar-refractivity contribution in [3.63, 3.8) is 0 Å². The molecule has 0 bridgehead atoms. The minimum atomic E-state index is 0.593. The third kappa shape index (κ3) is 4.17. The maximum absolute atomic E-state index is 4.72. The van der Waals surface area contributed by atoms with Crippen LogP contribution in [0.15, 0.2) is 65.1 Å². The van der Waals surface area contributed by atoms with Crippen LogP contribution in [0.3, 0.4) is 0 Å². The van der Waals surface area contributed by atoms with Crippen molar-refractivity contribution in [1.29, 1.82) is 0 Å². The fourth-order valence-corrected chi connectivity index (χ4v) is 3.02. The molecular weight excluding hydrogens is 376 g/mol. The van der Waals surface area contributed by atoms with E-state index in [1.807, 2.05) is 48.5 Å². The minimum Gasteiger partial charge on any atom is -0.357 e. The fourth-order valence-electron chi connectivity index (χ4n) is 2.64. The van der Waals surface area contributed by atoms with Gasteiger partial charge >= 0.3 is 0 Å². The molecule has 0 aliphatic rings. The van der Waals surface area contributed by atoms with E-state index in [0.29, 0.717) is 5.95 Å². The van der Waals surface area contributed by atoms with E-state index in [4.69, 9.17) is 9.97 Å². The summed E-state index contributed by atoms with van der Waals surface area (Å²) >= 11 is 3.56. The van der Waals surface area contributed by atoms with Crippen LogP contribution in [0.2, 0.25) is 0 Å². The van der Waals surface area contributed by atoms with Crippen LogP contribution in [0.4, 0.5) is 17.5 Å². The van der Waals surface area contributed by atoms with Crippen LogP contribution in [0, 0.1) is 0 Å². The number of hydrogen-bond acceptors (Lipinski definition) is 4. The highest BCUT2D eigenvalue weighted by Crippen LogP contribution is 2.27. The van der Waals surface area contributed by atoms with Crippen molar-refractivity contribution in [1.82, 2.24) is 9.97 Å². The largest absolute Gasteiger partial charge is 0.357 e. The Labute approximate surface area is 157 Å². The Bertz CT molecular complexity index is 832. The highest BCUT2D eigenvalue weighted by atomic mass is 79.9. The van der Waals surface area contributed by atoms with Crippen LogP contribution in [-0.2, 0) is 0 Å². The van der Waals surface area contributed by atoms with Gasteiger partial charge in [-0.2, -0.15) is 4.98 Å². The van der Waals surface area contributed by atoms with Gasteiger partial charge in [-0.1, -0.05) is 42.5 Å². The smallest absolute Gasteiger partial charge is 0.229 e. The Morgan fingerprint density at radius 1 is 0.920 bits per heavy atom. The number of nitrogens with zero attached hydrogens (tertiary/aromatic N) is 3. The molecular formula is C20H21BrN4. The summed E-state index contributed by atoms with van der Waals surface area (Å²) < 4.78 is 0.980. The van der Waals surface area contributed by atoms with Crippen molar-refractivity contribution < 1.29 is 0 Å². The lowest BCUT2D eigenvalue weighted by Gasteiger charge is -2.21. The molecule has 25 heavy (non-hydrogen) atoms. The monoisotopic (exact) mass is 396 g/mol. The molecule has 0 saturated carbocycles. The van der Waals surface area contributed by atoms with Crippen LogP contribution < -0.4 is 10.2 Å². The molecule has 0 aliphatic carbocycles. The maximum atomic E-state index is 4.72. The third-order valence-corrected chi connectivity index (χ3v) is 4.68. The van der Waals surface area contributed by atoms with E-state index in [1.54, 1.807) is 0 Å². The highest BCUT2D eigenvalue weighted by molar-refractivity contribution is 9.10. The van der Waals surface area contributed by atoms with E-state index in [0.717, 1.165) is 40.3 Å². The molecule has 0 spiro atoms. The number of para-hydroxylation sites is 1. The second kappa shape index (κ2) is 8.12. The van der Waals surface area contributed by atoms with E-state index in [2.05, 4.69) is 52.1 Å². The molecule has 0 aliphatic heterocycles. The topological polar surface area (TPSA) is 41.1 Å². The predicted octanol–water partition coefficient (Wildman–Crippen LogP) is 5.50. The SMILES string of the molecule is CCN(CC)c1cc(-c2ccccc2)nc(Nc2ccccc2Br)n1. The summed E-state index contributed by atoms with van der Waals surface area (Å²) in [6.07, 6.45) is 0. The first-order chi connectivity index (χ1) is 12.2. The molecule has 3 aromatic rings. The van der Waals surface area contributed by atoms with Gasteiger partial charge in [0.15, 0.2) is 0 Å². The summed E-state index contributed by atoms with van der Waals surface area (Å²) in [5, 5.41) is 3.33. The molecule has 1 aromatic heterocycles. The highest BCUT2D eigenvalue weighted by Gasteiger charge is 2.11. The van der Waals surface area contributed by atoms with E-state index < -0.39 is 0 Å². The van der Waals surface area contributed by atoms with Crippen molar-refractivity contribution in [2.75, 3.05) is 23.3 Å². The molecule has 1 N–H and O–H groups in total. The lowest BCUT2D eigenvalue weighted by atomic mass is 10.1. The first kappa shape index (κ1) is 17.4. The van der Waals surface area contributed by atoms with Crippen molar-refractivity contribution in [2.24, 2.45) is 0 Å². The van der Waals surface area contributed by atoms with Crippen molar-refractivity contribution in [3.8, 4) is 11.3 Å². The molecule has 0 unspecified atom stereocenters. The predicted molar refractivity (Wildman–Crippen MR) is 108 cm³/mol. The first-order valence-electron chi connectivity index (χ1n) is 8.42. The normalized spacial score (nSPS) is 10.5. The van der Waals surface area contributed by atoms with E-state index >= 15 is 0 Å². The zero-order chi connectivity index (χ0) is 17.6. The van der Waals surface area contributed by atoms with Gasteiger partial charge in [0.1, 0.15) is 5.82 Å². The average molecular weight is 397 g/mol. The molecule has 4 nitrogen and oxygen atoms in total. The van der Waals surface area contributed by atoms with Crippen LogP contribution in [0.1, 0.15) is 13.8 Å². The van der Waals surface area contributed by atoms with Crippen molar-refractivity contribution >= 4 is 33.4 Å². The molecule has 5 heteroatoms. The van der Waals surface area contributed by atoms with Gasteiger partial charge in [0.2, 0.25) is 5.95 Å². The summed E-state index contributed by atoms with van der Waals surface area (Å²) in [4.78, 5) is 11.7. The number of aromatic nitrogens is 2. The summed E-state index contributed by atoms with van der Waals surface area (Å²) in [6.45, 7) is 6.07. The number of hydrogen-bond donors (Lipinski definition) is 1. The van der Waals surface area contributed by atoms with Gasteiger partial charge in [-0.15, -0.1) is 0 Å². The van der Waals surface area contributed by atoms with Gasteiger partial charge < -0.3 is 10.2 Å². The Morgan fingerprint density at radius 3 is 2.28 bits per heavy atom. The van der Waals surface area contributed by atoms with Crippen molar-refractivity contribution in [2.45, 2.75) is 13.8 Å². The molecule has 0 fully saturated rings. The lowest BCUT2D eigenvalue weighted by molar-refractivity contribution is 0.843. The number of benzene rings is 2. The standard InChI is InChI=1S/C20H21BrN4/c1-3-25(4-2)19-14-18(15-10-6-5-7-11-15)23-20(24-19)22-17-13-9-8-12-16(17)21/h5-14H,3-4H2,1-2H3,(H,22,23,24). The number of nitrogens with one attached hydrogen (secondary N) is 1. The van der Waals surface area contributed by atoms with Crippen LogP contribution >= 0.6 is 15.9 Å². The molecule has 3 rings (SSSR count). The zero-order valence-electron chi connectivity index (χ0n) is 14.4. The third-order valence-electron chi connectivity index (χ3n) is 3.99. The molecule has 0 saturated heterocycles. The Kier molecular flexibility index (Phi) is 5.66. The Balaban J connectivity index is 2.05. The summed E-state index contributed by atoms with van der Waals surface area (Å²) in [6, 6.07) is 20.2. The Morgan fingerprint density at radius 2 is 1.60 bits per heavy atom. The molecule has 128 valence electrons. The van der Waals surface area contributed by atoms with E-state index in [9.17, 15) is 0 Å². The van der Waals surface area contributed by atoms with Gasteiger partial charge in [0, 0.05) is 29.2 Å². The minimum absolute atomic E-state index is 0.593. The second-order valence-electron chi connectivity index (χ2n) is 5.58. The van der Waals surface area contributed by atoms with Gasteiger partial charge in [-0.05, 0) is 41.9 Å². The first-order valence-corrected chi connectivity index (χ1v) is 9.21. The maximum Gasteiger partial charge on any atom is 0.229 e. The Hall–Kier alpha value is -2.40. The summed E-state index contributed by atoms with van der Waals surface area (Å²) in [5.41, 5.74) is 2.93. The second-order valence-corrected chi connectivity index (χ2v) is 6.43. The zero-order valence-corrected chi connectivity index (χ0v) is 16.0. The molecule has 0 radical (unpaired) electrons. The molecule has 0 amide bonds. The number of anilines is 3. The fraction of sp³-hybridized carbons (Fsp3) is 0.200. The van der Waals surface area contributed by atoms with Gasteiger partial charge in [0.25, 0.3) is 0 Å². The van der Waals surface area contributed by atoms with Crippen LogP contribution in [-0.4, -0.2) is 23.1 Å².